The number of nitrogens with zero attached hydrogens (tertiary/aromatic N) is 3. The van der Waals surface area contributed by atoms with Crippen LogP contribution in [0.4, 0.5) is 0 Å². The van der Waals surface area contributed by atoms with Crippen LogP contribution >= 0.6 is 11.6 Å². The summed E-state index contributed by atoms with van der Waals surface area (Å²) in [6.45, 7) is 3.81. The fourth-order valence-corrected chi connectivity index (χ4v) is 2.31. The Balaban J connectivity index is 2.28. The summed E-state index contributed by atoms with van der Waals surface area (Å²) in [4.78, 5) is 1.42. The maximum Gasteiger partial charge on any atom is 0.146 e. The number of hydrogen-bond donors (Lipinski definition) is 1. The third-order valence-electron chi connectivity index (χ3n) is 3.00. The highest BCUT2D eigenvalue weighted by Crippen LogP contribution is 2.28. The summed E-state index contributed by atoms with van der Waals surface area (Å²) in [6.07, 6.45) is 0. The van der Waals surface area contributed by atoms with Crippen molar-refractivity contribution in [2.75, 3.05) is 0 Å². The molecule has 0 saturated heterocycles. The first kappa shape index (κ1) is 12.0. The van der Waals surface area contributed by atoms with E-state index in [2.05, 4.69) is 10.2 Å². The quantitative estimate of drug-likeness (QED) is 0.739. The number of halogens is 1. The standard InChI is InChI=1S/C14H12ClN3O/c1-8-6-9(2)14(19)12(7-8)18-16-11-5-3-4-10(15)13(11)17-18/h3-7,19H,1-2H3. The van der Waals surface area contributed by atoms with Crippen molar-refractivity contribution in [3.05, 3.63) is 46.5 Å². The van der Waals surface area contributed by atoms with Gasteiger partial charge in [-0.25, -0.2) is 0 Å². The lowest BCUT2D eigenvalue weighted by atomic mass is 10.1. The van der Waals surface area contributed by atoms with Gasteiger partial charge >= 0.3 is 0 Å². The van der Waals surface area contributed by atoms with Crippen molar-refractivity contribution in [1.29, 1.82) is 0 Å². The van der Waals surface area contributed by atoms with Crippen LogP contribution in [0.2, 0.25) is 5.02 Å². The van der Waals surface area contributed by atoms with E-state index in [9.17, 15) is 5.11 Å². The first-order chi connectivity index (χ1) is 9.06. The molecule has 1 N–H and O–H groups in total. The number of aryl methyl sites for hydroxylation is 2. The molecule has 3 aromatic rings. The van der Waals surface area contributed by atoms with E-state index in [4.69, 9.17) is 11.6 Å². The number of aromatic hydroxyl groups is 1. The van der Waals surface area contributed by atoms with Gasteiger partial charge in [0.1, 0.15) is 22.5 Å². The van der Waals surface area contributed by atoms with E-state index in [1.54, 1.807) is 6.07 Å². The monoisotopic (exact) mass is 273 g/mol. The van der Waals surface area contributed by atoms with Gasteiger partial charge in [-0.05, 0) is 43.2 Å². The van der Waals surface area contributed by atoms with Crippen LogP contribution < -0.4 is 0 Å². The molecule has 96 valence electrons. The predicted octanol–water partition coefficient (Wildman–Crippen LogP) is 3.40. The van der Waals surface area contributed by atoms with E-state index in [0.29, 0.717) is 21.7 Å². The average Bonchev–Trinajstić information content (AvgIpc) is 2.79. The molecular formula is C14H12ClN3O. The van der Waals surface area contributed by atoms with Crippen LogP contribution in [0.3, 0.4) is 0 Å². The van der Waals surface area contributed by atoms with Crippen molar-refractivity contribution in [2.45, 2.75) is 13.8 Å². The molecule has 3 rings (SSSR count). The minimum Gasteiger partial charge on any atom is -0.505 e. The molecule has 0 radical (unpaired) electrons. The second kappa shape index (κ2) is 4.24. The smallest absolute Gasteiger partial charge is 0.146 e. The van der Waals surface area contributed by atoms with Crippen LogP contribution in [-0.2, 0) is 0 Å². The first-order valence-electron chi connectivity index (χ1n) is 5.88. The summed E-state index contributed by atoms with van der Waals surface area (Å²) < 4.78 is 0. The normalized spacial score (nSPS) is 11.1. The van der Waals surface area contributed by atoms with Gasteiger partial charge in [-0.1, -0.05) is 23.7 Å². The lowest BCUT2D eigenvalue weighted by molar-refractivity contribution is 0.463. The molecule has 0 aliphatic heterocycles. The van der Waals surface area contributed by atoms with Gasteiger partial charge in [0.05, 0.1) is 5.02 Å². The molecule has 1 heterocycles. The Morgan fingerprint density at radius 3 is 2.68 bits per heavy atom. The molecule has 0 fully saturated rings. The lowest BCUT2D eigenvalue weighted by Gasteiger charge is -2.07. The van der Waals surface area contributed by atoms with Crippen molar-refractivity contribution in [2.24, 2.45) is 0 Å². The van der Waals surface area contributed by atoms with Crippen LogP contribution in [0.5, 0.6) is 5.75 Å². The van der Waals surface area contributed by atoms with Crippen LogP contribution in [0.15, 0.2) is 30.3 Å². The molecule has 0 bridgehead atoms. The number of aromatic nitrogens is 3. The molecule has 0 saturated carbocycles. The minimum atomic E-state index is 0.182. The van der Waals surface area contributed by atoms with Gasteiger partial charge in [-0.2, -0.15) is 0 Å². The molecule has 4 nitrogen and oxygen atoms in total. The molecule has 0 unspecified atom stereocenters. The summed E-state index contributed by atoms with van der Waals surface area (Å²) in [5.74, 6) is 0.182. The van der Waals surface area contributed by atoms with Gasteiger partial charge in [0.15, 0.2) is 0 Å². The number of benzene rings is 2. The number of rotatable bonds is 1. The molecule has 0 atom stereocenters. The highest BCUT2D eigenvalue weighted by atomic mass is 35.5. The van der Waals surface area contributed by atoms with Crippen molar-refractivity contribution < 1.29 is 5.11 Å². The zero-order valence-electron chi connectivity index (χ0n) is 10.6. The van der Waals surface area contributed by atoms with Gasteiger partial charge in [0, 0.05) is 0 Å². The van der Waals surface area contributed by atoms with Gasteiger partial charge in [0.25, 0.3) is 0 Å². The molecule has 0 amide bonds. The molecule has 1 aromatic heterocycles. The molecule has 0 spiro atoms. The lowest BCUT2D eigenvalue weighted by Crippen LogP contribution is -2.00. The highest BCUT2D eigenvalue weighted by Gasteiger charge is 2.12. The molecule has 0 aliphatic rings. The molecule has 0 aliphatic carbocycles. The van der Waals surface area contributed by atoms with Crippen LogP contribution in [0, 0.1) is 13.8 Å². The van der Waals surface area contributed by atoms with Crippen molar-refractivity contribution in [3.8, 4) is 11.4 Å². The fourth-order valence-electron chi connectivity index (χ4n) is 2.10. The van der Waals surface area contributed by atoms with Gasteiger partial charge in [-0.15, -0.1) is 15.0 Å². The summed E-state index contributed by atoms with van der Waals surface area (Å²) in [6, 6.07) is 9.18. The second-order valence-corrected chi connectivity index (χ2v) is 4.95. The van der Waals surface area contributed by atoms with E-state index in [0.717, 1.165) is 11.1 Å². The van der Waals surface area contributed by atoms with Crippen molar-refractivity contribution in [3.63, 3.8) is 0 Å². The van der Waals surface area contributed by atoms with E-state index in [-0.39, 0.29) is 5.75 Å². The van der Waals surface area contributed by atoms with E-state index >= 15 is 0 Å². The number of phenols is 1. The van der Waals surface area contributed by atoms with Crippen molar-refractivity contribution in [1.82, 2.24) is 15.0 Å². The molecule has 5 heteroatoms. The second-order valence-electron chi connectivity index (χ2n) is 4.55. The zero-order valence-corrected chi connectivity index (χ0v) is 11.3. The average molecular weight is 274 g/mol. The largest absolute Gasteiger partial charge is 0.505 e. The first-order valence-corrected chi connectivity index (χ1v) is 6.26. The number of phenolic OH excluding ortho intramolecular Hbond substituents is 1. The molecular weight excluding hydrogens is 262 g/mol. The summed E-state index contributed by atoms with van der Waals surface area (Å²) in [5.41, 5.74) is 3.72. The Bertz CT molecular complexity index is 780. The molecule has 2 aromatic carbocycles. The Morgan fingerprint density at radius 1 is 1.16 bits per heavy atom. The number of hydrogen-bond acceptors (Lipinski definition) is 3. The Labute approximate surface area is 115 Å². The Hall–Kier alpha value is -2.07. The molecule has 19 heavy (non-hydrogen) atoms. The van der Waals surface area contributed by atoms with Crippen LogP contribution in [-0.4, -0.2) is 20.1 Å². The SMILES string of the molecule is Cc1cc(C)c(O)c(-n2nc3cccc(Cl)c3n2)c1. The summed E-state index contributed by atoms with van der Waals surface area (Å²) >= 11 is 6.08. The van der Waals surface area contributed by atoms with E-state index in [1.807, 2.05) is 38.1 Å². The van der Waals surface area contributed by atoms with Crippen LogP contribution in [0.25, 0.3) is 16.7 Å². The third kappa shape index (κ3) is 1.94. The highest BCUT2D eigenvalue weighted by molar-refractivity contribution is 6.34. The van der Waals surface area contributed by atoms with E-state index < -0.39 is 0 Å². The van der Waals surface area contributed by atoms with E-state index in [1.165, 1.54) is 4.80 Å². The Morgan fingerprint density at radius 2 is 1.95 bits per heavy atom. The Kier molecular flexibility index (Phi) is 2.68. The van der Waals surface area contributed by atoms with Gasteiger partial charge in [0.2, 0.25) is 0 Å². The predicted molar refractivity (Wildman–Crippen MR) is 75.0 cm³/mol. The van der Waals surface area contributed by atoms with Gasteiger partial charge < -0.3 is 5.11 Å². The number of fused-ring (bicyclic) bond motifs is 1. The maximum absolute atomic E-state index is 10.1. The van der Waals surface area contributed by atoms with Crippen molar-refractivity contribution >= 4 is 22.6 Å². The zero-order chi connectivity index (χ0) is 13.6. The summed E-state index contributed by atoms with van der Waals surface area (Å²) in [7, 11) is 0. The fraction of sp³-hybridized carbons (Fsp3) is 0.143. The summed E-state index contributed by atoms with van der Waals surface area (Å²) in [5, 5.41) is 19.4. The van der Waals surface area contributed by atoms with Crippen LogP contribution in [0.1, 0.15) is 11.1 Å². The third-order valence-corrected chi connectivity index (χ3v) is 3.31. The topological polar surface area (TPSA) is 50.9 Å². The minimum absolute atomic E-state index is 0.182. The van der Waals surface area contributed by atoms with Gasteiger partial charge in [-0.3, -0.25) is 0 Å². The maximum atomic E-state index is 10.1.